The fourth-order valence-electron chi connectivity index (χ4n) is 2.99. The molecule has 0 radical (unpaired) electrons. The number of amides is 2. The van der Waals surface area contributed by atoms with Crippen LogP contribution in [0.25, 0.3) is 0 Å². The zero-order chi connectivity index (χ0) is 18.0. The zero-order valence-electron chi connectivity index (χ0n) is 13.7. The fraction of sp³-hybridized carbons (Fsp3) is 0.438. The van der Waals surface area contributed by atoms with Crippen molar-refractivity contribution in [1.29, 1.82) is 0 Å². The Morgan fingerprint density at radius 1 is 1.40 bits per heavy atom. The topological polar surface area (TPSA) is 83.3 Å². The molecular weight excluding hydrogens is 349 g/mol. The first kappa shape index (κ1) is 17.6. The molecule has 2 amide bonds. The van der Waals surface area contributed by atoms with E-state index >= 15 is 0 Å². The van der Waals surface area contributed by atoms with Crippen molar-refractivity contribution in [3.63, 3.8) is 0 Å². The number of nitrogens with one attached hydrogen (secondary N) is 1. The molecule has 0 aliphatic carbocycles. The molecule has 1 saturated heterocycles. The molecule has 0 atom stereocenters. The van der Waals surface area contributed by atoms with Gasteiger partial charge < -0.3 is 19.9 Å². The summed E-state index contributed by atoms with van der Waals surface area (Å²) < 4.78 is 14.9. The van der Waals surface area contributed by atoms with Gasteiger partial charge in [-0.15, -0.1) is 10.2 Å². The van der Waals surface area contributed by atoms with Crippen LogP contribution in [0.2, 0.25) is 5.02 Å². The van der Waals surface area contributed by atoms with Gasteiger partial charge in [-0.3, -0.25) is 0 Å². The number of piperidine rings is 1. The quantitative estimate of drug-likeness (QED) is 0.873. The minimum Gasteiger partial charge on any atom is -0.388 e. The second-order valence-corrected chi connectivity index (χ2v) is 6.41. The number of hydrogen-bond acceptors (Lipinski definition) is 4. The first-order chi connectivity index (χ1) is 12.0. The van der Waals surface area contributed by atoms with Crippen LogP contribution >= 0.6 is 11.6 Å². The summed E-state index contributed by atoms with van der Waals surface area (Å²) >= 11 is 5.94. The van der Waals surface area contributed by atoms with E-state index in [4.69, 9.17) is 11.6 Å². The van der Waals surface area contributed by atoms with Crippen LogP contribution in [0, 0.1) is 5.82 Å². The van der Waals surface area contributed by atoms with Crippen molar-refractivity contribution in [3.05, 3.63) is 40.7 Å². The van der Waals surface area contributed by atoms with E-state index < -0.39 is 5.82 Å². The molecule has 2 heterocycles. The summed E-state index contributed by atoms with van der Waals surface area (Å²) in [5.41, 5.74) is 0.385. The highest BCUT2D eigenvalue weighted by atomic mass is 35.5. The second-order valence-electron chi connectivity index (χ2n) is 6.01. The average molecular weight is 368 g/mol. The van der Waals surface area contributed by atoms with Gasteiger partial charge in [-0.05, 0) is 31.0 Å². The maximum Gasteiger partial charge on any atom is 0.321 e. The van der Waals surface area contributed by atoms with Crippen LogP contribution in [0.15, 0.2) is 18.2 Å². The van der Waals surface area contributed by atoms with Crippen molar-refractivity contribution in [1.82, 2.24) is 19.7 Å². The van der Waals surface area contributed by atoms with E-state index in [1.807, 2.05) is 7.05 Å². The van der Waals surface area contributed by atoms with E-state index in [1.165, 1.54) is 12.1 Å². The summed E-state index contributed by atoms with van der Waals surface area (Å²) in [6, 6.07) is 3.59. The van der Waals surface area contributed by atoms with Crippen LogP contribution in [0.3, 0.4) is 0 Å². The summed E-state index contributed by atoms with van der Waals surface area (Å²) in [7, 11) is 1.83. The summed E-state index contributed by atoms with van der Waals surface area (Å²) in [6.45, 7) is 0.983. The van der Waals surface area contributed by atoms with E-state index in [9.17, 15) is 14.3 Å². The van der Waals surface area contributed by atoms with E-state index in [2.05, 4.69) is 15.5 Å². The SMILES string of the molecule is Cn1c(CO)nnc1C1CCN(C(=O)Nc2ccc(F)cc2Cl)CC1. The van der Waals surface area contributed by atoms with Crippen molar-refractivity contribution < 1.29 is 14.3 Å². The smallest absolute Gasteiger partial charge is 0.321 e. The highest BCUT2D eigenvalue weighted by molar-refractivity contribution is 6.33. The molecule has 0 saturated carbocycles. The Morgan fingerprint density at radius 2 is 2.12 bits per heavy atom. The number of carbonyl (C=O) groups is 1. The number of rotatable bonds is 3. The highest BCUT2D eigenvalue weighted by Crippen LogP contribution is 2.28. The molecule has 0 spiro atoms. The molecule has 1 aromatic carbocycles. The number of halogens is 2. The average Bonchev–Trinajstić information content (AvgIpc) is 2.98. The lowest BCUT2D eigenvalue weighted by Gasteiger charge is -2.31. The number of aliphatic hydroxyl groups is 1. The van der Waals surface area contributed by atoms with Gasteiger partial charge in [0.1, 0.15) is 18.2 Å². The standard InChI is InChI=1S/C16H19ClFN5O2/c1-22-14(9-24)20-21-15(22)10-4-6-23(7-5-10)16(25)19-13-3-2-11(18)8-12(13)17/h2-3,8,10,24H,4-7,9H2,1H3,(H,19,25). The van der Waals surface area contributed by atoms with Crippen molar-refractivity contribution in [2.45, 2.75) is 25.4 Å². The number of nitrogens with zero attached hydrogens (tertiary/aromatic N) is 4. The fourth-order valence-corrected chi connectivity index (χ4v) is 3.21. The number of aromatic nitrogens is 3. The molecule has 134 valence electrons. The predicted octanol–water partition coefficient (Wildman–Crippen LogP) is 2.51. The van der Waals surface area contributed by atoms with Gasteiger partial charge in [-0.25, -0.2) is 9.18 Å². The minimum atomic E-state index is -0.449. The van der Waals surface area contributed by atoms with Gasteiger partial charge in [0.05, 0.1) is 10.7 Å². The number of benzene rings is 1. The van der Waals surface area contributed by atoms with Crippen LogP contribution in [0.4, 0.5) is 14.9 Å². The second kappa shape index (κ2) is 7.37. The number of urea groups is 1. The summed E-state index contributed by atoms with van der Waals surface area (Å²) in [6.07, 6.45) is 1.50. The lowest BCUT2D eigenvalue weighted by atomic mass is 9.96. The van der Waals surface area contributed by atoms with Crippen LogP contribution < -0.4 is 5.32 Å². The molecule has 3 rings (SSSR count). The molecule has 1 aromatic heterocycles. The Kier molecular flexibility index (Phi) is 5.19. The number of likely N-dealkylation sites (tertiary alicyclic amines) is 1. The van der Waals surface area contributed by atoms with Crippen molar-refractivity contribution >= 4 is 23.3 Å². The van der Waals surface area contributed by atoms with Crippen molar-refractivity contribution in [2.24, 2.45) is 7.05 Å². The lowest BCUT2D eigenvalue weighted by molar-refractivity contribution is 0.193. The predicted molar refractivity (Wildman–Crippen MR) is 90.9 cm³/mol. The molecule has 2 N–H and O–H groups in total. The molecule has 1 aliphatic rings. The normalized spacial score (nSPS) is 15.4. The first-order valence-corrected chi connectivity index (χ1v) is 8.37. The Balaban J connectivity index is 1.59. The Labute approximate surface area is 149 Å². The molecule has 1 aliphatic heterocycles. The molecule has 25 heavy (non-hydrogen) atoms. The monoisotopic (exact) mass is 367 g/mol. The van der Waals surface area contributed by atoms with Gasteiger partial charge in [0.25, 0.3) is 0 Å². The molecule has 2 aromatic rings. The van der Waals surface area contributed by atoms with Gasteiger partial charge in [0.15, 0.2) is 5.82 Å². The zero-order valence-corrected chi connectivity index (χ0v) is 14.5. The van der Waals surface area contributed by atoms with E-state index in [0.717, 1.165) is 24.7 Å². The molecule has 7 nitrogen and oxygen atoms in total. The molecular formula is C16H19ClFN5O2. The van der Waals surface area contributed by atoms with Crippen molar-refractivity contribution in [2.75, 3.05) is 18.4 Å². The summed E-state index contributed by atoms with van der Waals surface area (Å²) in [5.74, 6) is 1.10. The summed E-state index contributed by atoms with van der Waals surface area (Å²) in [4.78, 5) is 14.1. The molecule has 0 unspecified atom stereocenters. The third-order valence-electron chi connectivity index (χ3n) is 4.46. The Morgan fingerprint density at radius 3 is 2.72 bits per heavy atom. The largest absolute Gasteiger partial charge is 0.388 e. The molecule has 1 fully saturated rings. The first-order valence-electron chi connectivity index (χ1n) is 7.99. The van der Waals surface area contributed by atoms with Crippen molar-refractivity contribution in [3.8, 4) is 0 Å². The Hall–Kier alpha value is -2.19. The van der Waals surface area contributed by atoms with E-state index in [0.29, 0.717) is 24.6 Å². The number of aliphatic hydroxyl groups excluding tert-OH is 1. The highest BCUT2D eigenvalue weighted by Gasteiger charge is 2.27. The van der Waals surface area contributed by atoms with Crippen LogP contribution in [0.1, 0.15) is 30.4 Å². The van der Waals surface area contributed by atoms with Crippen LogP contribution in [0.5, 0.6) is 0 Å². The maximum atomic E-state index is 13.1. The number of anilines is 1. The lowest BCUT2D eigenvalue weighted by Crippen LogP contribution is -2.41. The van der Waals surface area contributed by atoms with Gasteiger partial charge in [-0.1, -0.05) is 11.6 Å². The molecule has 9 heteroatoms. The van der Waals surface area contributed by atoms with Crippen LogP contribution in [-0.4, -0.2) is 43.9 Å². The number of carbonyl (C=O) groups excluding carboxylic acids is 1. The van der Waals surface area contributed by atoms with Gasteiger partial charge >= 0.3 is 6.03 Å². The third kappa shape index (κ3) is 3.74. The van der Waals surface area contributed by atoms with E-state index in [1.54, 1.807) is 9.47 Å². The third-order valence-corrected chi connectivity index (χ3v) is 4.77. The minimum absolute atomic E-state index is 0.150. The number of hydrogen-bond donors (Lipinski definition) is 2. The Bertz CT molecular complexity index is 774. The van der Waals surface area contributed by atoms with Gasteiger partial charge in [0, 0.05) is 26.1 Å². The maximum absolute atomic E-state index is 13.1. The molecule has 0 bridgehead atoms. The van der Waals surface area contributed by atoms with Gasteiger partial charge in [-0.2, -0.15) is 0 Å². The van der Waals surface area contributed by atoms with Gasteiger partial charge in [0.2, 0.25) is 0 Å². The van der Waals surface area contributed by atoms with Crippen LogP contribution in [-0.2, 0) is 13.7 Å². The summed E-state index contributed by atoms with van der Waals surface area (Å²) in [5, 5.41) is 20.2. The van der Waals surface area contributed by atoms with E-state index in [-0.39, 0.29) is 23.6 Å².